The molecule has 8 heteroatoms. The molecule has 0 spiro atoms. The summed E-state index contributed by atoms with van der Waals surface area (Å²) in [7, 11) is 0. The van der Waals surface area contributed by atoms with E-state index in [2.05, 4.69) is 31.8 Å². The summed E-state index contributed by atoms with van der Waals surface area (Å²) < 4.78 is 6.17. The zero-order chi connectivity index (χ0) is 22.9. The van der Waals surface area contributed by atoms with Crippen LogP contribution in [-0.4, -0.2) is 24.0 Å². The predicted octanol–water partition coefficient (Wildman–Crippen LogP) is 4.32. The normalized spacial score (nSPS) is 10.6. The van der Waals surface area contributed by atoms with Gasteiger partial charge in [0.2, 0.25) is 0 Å². The fraction of sp³-hybridized carbons (Fsp3) is 0.0833. The maximum absolute atomic E-state index is 12.3. The predicted molar refractivity (Wildman–Crippen MR) is 126 cm³/mol. The summed E-state index contributed by atoms with van der Waals surface area (Å²) in [5.74, 6) is -2.06. The van der Waals surface area contributed by atoms with Crippen LogP contribution in [0, 0.1) is 0 Å². The summed E-state index contributed by atoms with van der Waals surface area (Å²) in [4.78, 5) is 36.4. The van der Waals surface area contributed by atoms with Crippen molar-refractivity contribution >= 4 is 45.6 Å². The molecule has 0 fully saturated rings. The lowest BCUT2D eigenvalue weighted by molar-refractivity contribution is -0.136. The second-order valence-corrected chi connectivity index (χ2v) is 7.56. The van der Waals surface area contributed by atoms with Crippen molar-refractivity contribution in [3.63, 3.8) is 0 Å². The number of carbonyl (C=O) groups is 3. The quantitative estimate of drug-likeness (QED) is 0.175. The van der Waals surface area contributed by atoms with Gasteiger partial charge in [-0.15, -0.1) is 0 Å². The van der Waals surface area contributed by atoms with E-state index in [-0.39, 0.29) is 5.75 Å². The molecule has 3 aromatic carbocycles. The highest BCUT2D eigenvalue weighted by molar-refractivity contribution is 9.10. The lowest BCUT2D eigenvalue weighted by Gasteiger charge is -2.08. The lowest BCUT2D eigenvalue weighted by atomic mass is 10.1. The second-order valence-electron chi connectivity index (χ2n) is 6.64. The molecule has 0 atom stereocenters. The molecule has 0 aliphatic rings. The number of amides is 2. The van der Waals surface area contributed by atoms with Gasteiger partial charge in [-0.25, -0.2) is 10.2 Å². The summed E-state index contributed by atoms with van der Waals surface area (Å²) in [5.41, 5.74) is 4.62. The molecule has 0 radical (unpaired) electrons. The minimum Gasteiger partial charge on any atom is -0.422 e. The van der Waals surface area contributed by atoms with Gasteiger partial charge in [-0.2, -0.15) is 5.10 Å². The van der Waals surface area contributed by atoms with Gasteiger partial charge in [0.1, 0.15) is 5.75 Å². The van der Waals surface area contributed by atoms with Crippen LogP contribution in [0.15, 0.2) is 82.4 Å². The number of hydrazone groups is 1. The number of hydrogen-bond acceptors (Lipinski definition) is 5. The molecule has 32 heavy (non-hydrogen) atoms. The van der Waals surface area contributed by atoms with Crippen LogP contribution in [0.4, 0.5) is 5.69 Å². The zero-order valence-electron chi connectivity index (χ0n) is 17.2. The van der Waals surface area contributed by atoms with E-state index in [1.807, 2.05) is 19.1 Å². The number of nitrogens with one attached hydrogen (secondary N) is 2. The van der Waals surface area contributed by atoms with Gasteiger partial charge in [-0.3, -0.25) is 9.59 Å². The van der Waals surface area contributed by atoms with Crippen LogP contribution in [0.2, 0.25) is 0 Å². The van der Waals surface area contributed by atoms with Gasteiger partial charge >= 0.3 is 17.8 Å². The standard InChI is InChI=1S/C24H20BrN3O4/c1-2-16-8-11-20(12-9-16)27-22(29)23(30)28-26-15-18-14-19(25)10-13-21(18)32-24(31)17-6-4-3-5-7-17/h3-15H,2H2,1H3,(H,27,29)(H,28,30)/b26-15+. The molecule has 3 rings (SSSR count). The van der Waals surface area contributed by atoms with E-state index < -0.39 is 17.8 Å². The summed E-state index contributed by atoms with van der Waals surface area (Å²) in [6.45, 7) is 2.03. The topological polar surface area (TPSA) is 96.9 Å². The van der Waals surface area contributed by atoms with Crippen LogP contribution in [0.1, 0.15) is 28.4 Å². The maximum atomic E-state index is 12.3. The molecule has 0 saturated carbocycles. The van der Waals surface area contributed by atoms with E-state index in [0.29, 0.717) is 16.8 Å². The number of ether oxygens (including phenoxy) is 1. The first-order valence-corrected chi connectivity index (χ1v) is 10.6. The molecule has 0 unspecified atom stereocenters. The van der Waals surface area contributed by atoms with Crippen LogP contribution >= 0.6 is 15.9 Å². The van der Waals surface area contributed by atoms with Gasteiger partial charge < -0.3 is 10.1 Å². The van der Waals surface area contributed by atoms with Crippen molar-refractivity contribution in [2.45, 2.75) is 13.3 Å². The van der Waals surface area contributed by atoms with Crippen LogP contribution < -0.4 is 15.5 Å². The smallest absolute Gasteiger partial charge is 0.343 e. The average Bonchev–Trinajstić information content (AvgIpc) is 2.81. The number of esters is 1. The van der Waals surface area contributed by atoms with Crippen molar-refractivity contribution in [2.24, 2.45) is 5.10 Å². The molecule has 2 N–H and O–H groups in total. The van der Waals surface area contributed by atoms with E-state index in [1.54, 1.807) is 60.7 Å². The third-order valence-electron chi connectivity index (χ3n) is 4.38. The Bertz CT molecular complexity index is 1150. The van der Waals surface area contributed by atoms with Gasteiger partial charge in [0, 0.05) is 15.7 Å². The first kappa shape index (κ1) is 22.9. The van der Waals surface area contributed by atoms with Crippen LogP contribution in [0.25, 0.3) is 0 Å². The number of hydrogen-bond donors (Lipinski definition) is 2. The molecule has 162 valence electrons. The molecule has 0 aliphatic heterocycles. The van der Waals surface area contributed by atoms with E-state index >= 15 is 0 Å². The van der Waals surface area contributed by atoms with Gasteiger partial charge in [0.05, 0.1) is 11.8 Å². The summed E-state index contributed by atoms with van der Waals surface area (Å²) in [5, 5.41) is 6.32. The summed E-state index contributed by atoms with van der Waals surface area (Å²) in [6.07, 6.45) is 2.17. The van der Waals surface area contributed by atoms with Crippen LogP contribution in [0.3, 0.4) is 0 Å². The number of carbonyl (C=O) groups excluding carboxylic acids is 3. The molecule has 2 amide bonds. The van der Waals surface area contributed by atoms with Crippen LogP contribution in [0.5, 0.6) is 5.75 Å². The van der Waals surface area contributed by atoms with Gasteiger partial charge in [-0.05, 0) is 54.4 Å². The summed E-state index contributed by atoms with van der Waals surface area (Å²) >= 11 is 3.35. The van der Waals surface area contributed by atoms with Crippen molar-refractivity contribution in [3.05, 3.63) is 94.0 Å². The number of rotatable bonds is 6. The van der Waals surface area contributed by atoms with Crippen molar-refractivity contribution in [1.29, 1.82) is 0 Å². The zero-order valence-corrected chi connectivity index (χ0v) is 18.8. The molecule has 7 nitrogen and oxygen atoms in total. The van der Waals surface area contributed by atoms with E-state index in [1.165, 1.54) is 6.21 Å². The maximum Gasteiger partial charge on any atom is 0.343 e. The first-order chi connectivity index (χ1) is 15.5. The molecular weight excluding hydrogens is 474 g/mol. The Morgan fingerprint density at radius 2 is 1.69 bits per heavy atom. The molecule has 0 aromatic heterocycles. The Labute approximate surface area is 193 Å². The highest BCUT2D eigenvalue weighted by atomic mass is 79.9. The van der Waals surface area contributed by atoms with Crippen molar-refractivity contribution in [2.75, 3.05) is 5.32 Å². The van der Waals surface area contributed by atoms with Crippen molar-refractivity contribution in [1.82, 2.24) is 5.43 Å². The number of anilines is 1. The van der Waals surface area contributed by atoms with E-state index in [9.17, 15) is 14.4 Å². The van der Waals surface area contributed by atoms with Gasteiger partial charge in [-0.1, -0.05) is 53.2 Å². The molecule has 3 aromatic rings. The number of nitrogens with zero attached hydrogens (tertiary/aromatic N) is 1. The Kier molecular flexibility index (Phi) is 7.88. The molecule has 0 saturated heterocycles. The Morgan fingerprint density at radius 3 is 2.38 bits per heavy atom. The average molecular weight is 494 g/mol. The minimum atomic E-state index is -0.932. The molecule has 0 bridgehead atoms. The molecular formula is C24H20BrN3O4. The van der Waals surface area contributed by atoms with Gasteiger partial charge in [0.25, 0.3) is 0 Å². The number of halogens is 1. The Balaban J connectivity index is 1.63. The van der Waals surface area contributed by atoms with Crippen molar-refractivity contribution < 1.29 is 19.1 Å². The third kappa shape index (κ3) is 6.36. The SMILES string of the molecule is CCc1ccc(NC(=O)C(=O)N/N=C/c2cc(Br)ccc2OC(=O)c2ccccc2)cc1. The highest BCUT2D eigenvalue weighted by Crippen LogP contribution is 2.23. The Morgan fingerprint density at radius 1 is 0.969 bits per heavy atom. The largest absolute Gasteiger partial charge is 0.422 e. The third-order valence-corrected chi connectivity index (χ3v) is 4.87. The van der Waals surface area contributed by atoms with Gasteiger partial charge in [0.15, 0.2) is 0 Å². The van der Waals surface area contributed by atoms with Crippen molar-refractivity contribution in [3.8, 4) is 5.75 Å². The van der Waals surface area contributed by atoms with E-state index in [0.717, 1.165) is 16.5 Å². The monoisotopic (exact) mass is 493 g/mol. The highest BCUT2D eigenvalue weighted by Gasteiger charge is 2.14. The summed E-state index contributed by atoms with van der Waals surface area (Å²) in [6, 6.07) is 20.7. The van der Waals surface area contributed by atoms with E-state index in [4.69, 9.17) is 4.74 Å². The molecule has 0 aliphatic carbocycles. The second kappa shape index (κ2) is 11.0. The van der Waals surface area contributed by atoms with Crippen LogP contribution in [-0.2, 0) is 16.0 Å². The number of aryl methyl sites for hydroxylation is 1. The first-order valence-electron chi connectivity index (χ1n) is 9.76. The fourth-order valence-corrected chi connectivity index (χ4v) is 3.05. The Hall–Kier alpha value is -3.78. The fourth-order valence-electron chi connectivity index (χ4n) is 2.67. The molecule has 0 heterocycles. The number of benzene rings is 3. The minimum absolute atomic E-state index is 0.250. The lowest BCUT2D eigenvalue weighted by Crippen LogP contribution is -2.32.